The Morgan fingerprint density at radius 1 is 0.857 bits per heavy atom. The zero-order valence-corrected chi connectivity index (χ0v) is 12.7. The molecule has 0 aliphatic heterocycles. The van der Waals surface area contributed by atoms with E-state index in [0.717, 1.165) is 23.7 Å². The first-order chi connectivity index (χ1) is 10.3. The third-order valence-corrected chi connectivity index (χ3v) is 3.23. The molecule has 0 spiro atoms. The number of benzene rings is 2. The number of methoxy groups -OCH3 is 3. The van der Waals surface area contributed by atoms with Crippen LogP contribution in [0.1, 0.15) is 11.1 Å². The number of ether oxygens (including phenoxy) is 3. The fraction of sp³-hybridized carbons (Fsp3) is 0.294. The maximum atomic E-state index is 5.37. The largest absolute Gasteiger partial charge is 0.497 e. The van der Waals surface area contributed by atoms with Crippen LogP contribution in [0.3, 0.4) is 0 Å². The van der Waals surface area contributed by atoms with Crippen molar-refractivity contribution in [1.82, 2.24) is 0 Å². The van der Waals surface area contributed by atoms with Crippen molar-refractivity contribution in [2.45, 2.75) is 13.2 Å². The van der Waals surface area contributed by atoms with Crippen molar-refractivity contribution in [2.75, 3.05) is 26.6 Å². The Kier molecular flexibility index (Phi) is 5.46. The van der Waals surface area contributed by atoms with Gasteiger partial charge in [0.2, 0.25) is 0 Å². The first-order valence-electron chi connectivity index (χ1n) is 6.79. The predicted molar refractivity (Wildman–Crippen MR) is 84.0 cm³/mol. The van der Waals surface area contributed by atoms with Crippen LogP contribution in [0.25, 0.3) is 0 Å². The third kappa shape index (κ3) is 4.13. The quantitative estimate of drug-likeness (QED) is 0.846. The molecule has 0 aromatic heterocycles. The minimum absolute atomic E-state index is 0.639. The summed E-state index contributed by atoms with van der Waals surface area (Å²) in [5.74, 6) is 1.55. The highest BCUT2D eigenvalue weighted by Gasteiger charge is 2.04. The van der Waals surface area contributed by atoms with Crippen molar-refractivity contribution in [3.05, 3.63) is 53.6 Å². The van der Waals surface area contributed by atoms with Crippen molar-refractivity contribution in [3.63, 3.8) is 0 Å². The minimum Gasteiger partial charge on any atom is -0.497 e. The summed E-state index contributed by atoms with van der Waals surface area (Å²) in [4.78, 5) is 0. The molecule has 0 bridgehead atoms. The Morgan fingerprint density at radius 2 is 1.57 bits per heavy atom. The first kappa shape index (κ1) is 15.2. The second-order valence-corrected chi connectivity index (χ2v) is 4.67. The third-order valence-electron chi connectivity index (χ3n) is 3.23. The monoisotopic (exact) mass is 287 g/mol. The van der Waals surface area contributed by atoms with Gasteiger partial charge in [-0.3, -0.25) is 0 Å². The summed E-state index contributed by atoms with van der Waals surface area (Å²) in [6.45, 7) is 1.37. The van der Waals surface area contributed by atoms with Gasteiger partial charge in [0.05, 0.1) is 26.5 Å². The van der Waals surface area contributed by atoms with Crippen LogP contribution in [0, 0.1) is 0 Å². The maximum absolute atomic E-state index is 5.37. The summed E-state index contributed by atoms with van der Waals surface area (Å²) in [6, 6.07) is 14.1. The molecule has 0 aliphatic rings. The molecule has 0 saturated carbocycles. The summed E-state index contributed by atoms with van der Waals surface area (Å²) in [5, 5.41) is 3.37. The molecule has 4 nitrogen and oxygen atoms in total. The van der Waals surface area contributed by atoms with Gasteiger partial charge >= 0.3 is 0 Å². The van der Waals surface area contributed by atoms with Gasteiger partial charge in [0.1, 0.15) is 11.5 Å². The number of hydrogen-bond donors (Lipinski definition) is 1. The van der Waals surface area contributed by atoms with E-state index < -0.39 is 0 Å². The Labute approximate surface area is 125 Å². The van der Waals surface area contributed by atoms with Crippen molar-refractivity contribution >= 4 is 5.69 Å². The molecule has 0 atom stereocenters. The average Bonchev–Trinajstić information content (AvgIpc) is 2.54. The molecule has 0 aliphatic carbocycles. The second kappa shape index (κ2) is 7.55. The highest BCUT2D eigenvalue weighted by molar-refractivity contribution is 5.59. The van der Waals surface area contributed by atoms with Gasteiger partial charge in [-0.2, -0.15) is 0 Å². The van der Waals surface area contributed by atoms with Crippen molar-refractivity contribution in [3.8, 4) is 11.5 Å². The van der Waals surface area contributed by atoms with E-state index in [9.17, 15) is 0 Å². The fourth-order valence-electron chi connectivity index (χ4n) is 2.06. The van der Waals surface area contributed by atoms with Gasteiger partial charge in [-0.15, -0.1) is 0 Å². The highest BCUT2D eigenvalue weighted by Crippen LogP contribution is 2.29. The molecule has 2 aromatic carbocycles. The molecule has 0 amide bonds. The topological polar surface area (TPSA) is 39.7 Å². The maximum Gasteiger partial charge on any atom is 0.145 e. The molecule has 0 radical (unpaired) electrons. The SMILES string of the molecule is COCc1ccc(CNc2ccc(OC)cc2OC)cc1. The number of nitrogens with one attached hydrogen (secondary N) is 1. The average molecular weight is 287 g/mol. The van der Waals surface area contributed by atoms with Crippen molar-refractivity contribution in [2.24, 2.45) is 0 Å². The lowest BCUT2D eigenvalue weighted by molar-refractivity contribution is 0.185. The van der Waals surface area contributed by atoms with Crippen LogP contribution in [-0.4, -0.2) is 21.3 Å². The Balaban J connectivity index is 2.02. The molecule has 0 saturated heterocycles. The van der Waals surface area contributed by atoms with Crippen LogP contribution < -0.4 is 14.8 Å². The van der Waals surface area contributed by atoms with Crippen LogP contribution in [0.2, 0.25) is 0 Å². The summed E-state index contributed by atoms with van der Waals surface area (Å²) in [6.07, 6.45) is 0. The summed E-state index contributed by atoms with van der Waals surface area (Å²) in [5.41, 5.74) is 3.32. The van der Waals surface area contributed by atoms with Crippen LogP contribution in [0.4, 0.5) is 5.69 Å². The Bertz CT molecular complexity index is 567. The summed E-state index contributed by atoms with van der Waals surface area (Å²) < 4.78 is 15.7. The van der Waals surface area contributed by atoms with Gasteiger partial charge in [0.15, 0.2) is 0 Å². The van der Waals surface area contributed by atoms with Gasteiger partial charge in [0.25, 0.3) is 0 Å². The van der Waals surface area contributed by atoms with E-state index in [1.807, 2.05) is 18.2 Å². The van der Waals surface area contributed by atoms with E-state index in [0.29, 0.717) is 6.61 Å². The van der Waals surface area contributed by atoms with Gasteiger partial charge < -0.3 is 19.5 Å². The molecule has 2 rings (SSSR count). The normalized spacial score (nSPS) is 10.2. The molecule has 21 heavy (non-hydrogen) atoms. The van der Waals surface area contributed by atoms with Crippen LogP contribution in [-0.2, 0) is 17.9 Å². The molecule has 2 aromatic rings. The van der Waals surface area contributed by atoms with Crippen molar-refractivity contribution in [1.29, 1.82) is 0 Å². The van der Waals surface area contributed by atoms with Gasteiger partial charge in [-0.05, 0) is 23.3 Å². The lowest BCUT2D eigenvalue weighted by Gasteiger charge is -2.12. The summed E-state index contributed by atoms with van der Waals surface area (Å²) >= 11 is 0. The zero-order chi connectivity index (χ0) is 15.1. The Morgan fingerprint density at radius 3 is 2.19 bits per heavy atom. The lowest BCUT2D eigenvalue weighted by atomic mass is 10.1. The van der Waals surface area contributed by atoms with Crippen molar-refractivity contribution < 1.29 is 14.2 Å². The van der Waals surface area contributed by atoms with E-state index >= 15 is 0 Å². The Hall–Kier alpha value is -2.20. The molecule has 4 heteroatoms. The molecular weight excluding hydrogens is 266 g/mol. The van der Waals surface area contributed by atoms with Crippen LogP contribution >= 0.6 is 0 Å². The summed E-state index contributed by atoms with van der Waals surface area (Å²) in [7, 11) is 4.99. The molecule has 0 unspecified atom stereocenters. The van der Waals surface area contributed by atoms with E-state index in [2.05, 4.69) is 29.6 Å². The molecule has 1 N–H and O–H groups in total. The lowest BCUT2D eigenvalue weighted by Crippen LogP contribution is -2.02. The van der Waals surface area contributed by atoms with Crippen LogP contribution in [0.15, 0.2) is 42.5 Å². The van der Waals surface area contributed by atoms with Crippen LogP contribution in [0.5, 0.6) is 11.5 Å². The molecule has 0 fully saturated rings. The number of hydrogen-bond acceptors (Lipinski definition) is 4. The minimum atomic E-state index is 0.639. The highest BCUT2D eigenvalue weighted by atomic mass is 16.5. The van der Waals surface area contributed by atoms with E-state index in [-0.39, 0.29) is 0 Å². The van der Waals surface area contributed by atoms with E-state index in [1.54, 1.807) is 21.3 Å². The van der Waals surface area contributed by atoms with E-state index in [1.165, 1.54) is 11.1 Å². The standard InChI is InChI=1S/C17H21NO3/c1-19-12-14-6-4-13(5-7-14)11-18-16-9-8-15(20-2)10-17(16)21-3/h4-10,18H,11-12H2,1-3H3. The second-order valence-electron chi connectivity index (χ2n) is 4.67. The molecule has 112 valence electrons. The zero-order valence-electron chi connectivity index (χ0n) is 12.7. The van der Waals surface area contributed by atoms with Gasteiger partial charge in [0, 0.05) is 19.7 Å². The number of rotatable bonds is 7. The smallest absolute Gasteiger partial charge is 0.145 e. The predicted octanol–water partition coefficient (Wildman–Crippen LogP) is 3.46. The van der Waals surface area contributed by atoms with E-state index in [4.69, 9.17) is 14.2 Å². The number of anilines is 1. The first-order valence-corrected chi connectivity index (χ1v) is 6.79. The fourth-order valence-corrected chi connectivity index (χ4v) is 2.06. The van der Waals surface area contributed by atoms with Gasteiger partial charge in [-0.25, -0.2) is 0 Å². The molecule has 0 heterocycles. The molecular formula is C17H21NO3. The van der Waals surface area contributed by atoms with Gasteiger partial charge in [-0.1, -0.05) is 24.3 Å².